The minimum atomic E-state index is -0.692. The highest BCUT2D eigenvalue weighted by Gasteiger charge is 2.15. The van der Waals surface area contributed by atoms with Crippen LogP contribution >= 0.6 is 0 Å². The van der Waals surface area contributed by atoms with Crippen molar-refractivity contribution in [2.24, 2.45) is 0 Å². The molecule has 0 bridgehead atoms. The van der Waals surface area contributed by atoms with Crippen LogP contribution < -0.4 is 0 Å². The third-order valence-electron chi connectivity index (χ3n) is 4.47. The Morgan fingerprint density at radius 3 is 2.52 bits per heavy atom. The second kappa shape index (κ2) is 7.52. The molecule has 0 aliphatic rings. The van der Waals surface area contributed by atoms with Gasteiger partial charge in [-0.05, 0) is 36.8 Å². The van der Waals surface area contributed by atoms with Crippen LogP contribution in [-0.4, -0.2) is 26.9 Å². The number of ether oxygens (including phenoxy) is 1. The predicted octanol–water partition coefficient (Wildman–Crippen LogP) is 4.25. The van der Waals surface area contributed by atoms with Crippen molar-refractivity contribution in [1.29, 1.82) is 5.26 Å². The lowest BCUT2D eigenvalue weighted by atomic mass is 10.1. The van der Waals surface area contributed by atoms with Crippen molar-refractivity contribution < 1.29 is 13.9 Å². The van der Waals surface area contributed by atoms with Crippen molar-refractivity contribution in [2.75, 3.05) is 6.61 Å². The van der Waals surface area contributed by atoms with Gasteiger partial charge in [0.15, 0.2) is 0 Å². The first kappa shape index (κ1) is 18.3. The first-order valence-corrected chi connectivity index (χ1v) is 8.91. The average molecular weight is 386 g/mol. The Bertz CT molecular complexity index is 1260. The predicted molar refractivity (Wildman–Crippen MR) is 104 cm³/mol. The lowest BCUT2D eigenvalue weighted by Gasteiger charge is -2.08. The number of rotatable bonds is 4. The number of hydrogen-bond acceptors (Lipinski definition) is 5. The summed E-state index contributed by atoms with van der Waals surface area (Å²) in [4.78, 5) is 20.4. The van der Waals surface area contributed by atoms with Crippen LogP contribution in [-0.2, 0) is 4.74 Å². The zero-order valence-electron chi connectivity index (χ0n) is 15.5. The summed E-state index contributed by atoms with van der Waals surface area (Å²) < 4.78 is 21.1. The highest BCUT2D eigenvalue weighted by molar-refractivity contribution is 5.90. The van der Waals surface area contributed by atoms with E-state index in [2.05, 4.69) is 16.0 Å². The number of hydrogen-bond donors (Lipinski definition) is 0. The maximum atomic E-state index is 14.4. The summed E-state index contributed by atoms with van der Waals surface area (Å²) in [6, 6.07) is 13.6. The van der Waals surface area contributed by atoms with Gasteiger partial charge in [0.1, 0.15) is 5.82 Å². The minimum Gasteiger partial charge on any atom is -0.462 e. The molecule has 0 saturated carbocycles. The van der Waals surface area contributed by atoms with Gasteiger partial charge in [0.2, 0.25) is 5.78 Å². The Kier molecular flexibility index (Phi) is 4.75. The topological polar surface area (TPSA) is 80.3 Å². The van der Waals surface area contributed by atoms with Crippen molar-refractivity contribution in [2.45, 2.75) is 6.92 Å². The summed E-state index contributed by atoms with van der Waals surface area (Å²) >= 11 is 0. The SMILES string of the molecule is CCOC(=O)c1ccc(-c2cnc3ncc(-c4ccc(C#N)cc4)n3c2)cc1F. The molecule has 0 aliphatic carbocycles. The molecule has 7 heteroatoms. The standard InChI is InChI=1S/C22H15FN4O2/c1-2-29-21(28)18-8-7-16(9-19(18)23)17-11-25-22-26-12-20(27(22)13-17)15-5-3-14(10-24)4-6-15/h3-9,11-13H,2H2,1H3. The first-order chi connectivity index (χ1) is 14.1. The van der Waals surface area contributed by atoms with Crippen molar-refractivity contribution in [1.82, 2.24) is 14.4 Å². The maximum Gasteiger partial charge on any atom is 0.341 e. The van der Waals surface area contributed by atoms with Gasteiger partial charge >= 0.3 is 5.97 Å². The van der Waals surface area contributed by atoms with Crippen LogP contribution in [0.4, 0.5) is 4.39 Å². The highest BCUT2D eigenvalue weighted by Crippen LogP contribution is 2.25. The Hall–Kier alpha value is -4.05. The van der Waals surface area contributed by atoms with E-state index in [1.54, 1.807) is 41.9 Å². The Morgan fingerprint density at radius 1 is 1.10 bits per heavy atom. The molecule has 2 heterocycles. The zero-order valence-corrected chi connectivity index (χ0v) is 15.5. The van der Waals surface area contributed by atoms with Gasteiger partial charge in [0, 0.05) is 23.5 Å². The van der Waals surface area contributed by atoms with Crippen LogP contribution in [0.1, 0.15) is 22.8 Å². The van der Waals surface area contributed by atoms with Gasteiger partial charge in [-0.1, -0.05) is 18.2 Å². The summed E-state index contributed by atoms with van der Waals surface area (Å²) in [6.45, 7) is 1.85. The quantitative estimate of drug-likeness (QED) is 0.490. The number of aromatic nitrogens is 3. The van der Waals surface area contributed by atoms with Crippen molar-refractivity contribution in [3.63, 3.8) is 0 Å². The fourth-order valence-electron chi connectivity index (χ4n) is 3.02. The van der Waals surface area contributed by atoms with Crippen LogP contribution in [0.5, 0.6) is 0 Å². The molecule has 4 aromatic rings. The minimum absolute atomic E-state index is 0.106. The molecule has 4 rings (SSSR count). The van der Waals surface area contributed by atoms with Crippen LogP contribution in [0.15, 0.2) is 61.1 Å². The molecule has 0 radical (unpaired) electrons. The summed E-state index contributed by atoms with van der Waals surface area (Å²) in [5.41, 5.74) is 3.37. The highest BCUT2D eigenvalue weighted by atomic mass is 19.1. The monoisotopic (exact) mass is 386 g/mol. The Balaban J connectivity index is 1.75. The molecule has 29 heavy (non-hydrogen) atoms. The first-order valence-electron chi connectivity index (χ1n) is 8.91. The van der Waals surface area contributed by atoms with E-state index in [1.165, 1.54) is 12.1 Å². The largest absolute Gasteiger partial charge is 0.462 e. The summed E-state index contributed by atoms with van der Waals surface area (Å²) in [5.74, 6) is -0.849. The number of nitriles is 1. The third-order valence-corrected chi connectivity index (χ3v) is 4.47. The number of imidazole rings is 1. The second-order valence-electron chi connectivity index (χ2n) is 6.26. The van der Waals surface area contributed by atoms with E-state index in [0.29, 0.717) is 22.5 Å². The molecular formula is C22H15FN4O2. The second-order valence-corrected chi connectivity index (χ2v) is 6.26. The number of carbonyl (C=O) groups is 1. The van der Waals surface area contributed by atoms with Crippen LogP contribution in [0.25, 0.3) is 28.2 Å². The molecule has 142 valence electrons. The van der Waals surface area contributed by atoms with E-state index in [1.807, 2.05) is 18.3 Å². The number of nitrogens with zero attached hydrogens (tertiary/aromatic N) is 4. The number of halogens is 1. The van der Waals surface area contributed by atoms with E-state index < -0.39 is 11.8 Å². The van der Waals surface area contributed by atoms with Gasteiger partial charge in [0.25, 0.3) is 0 Å². The molecule has 0 amide bonds. The molecule has 0 spiro atoms. The van der Waals surface area contributed by atoms with E-state index in [-0.39, 0.29) is 12.2 Å². The molecule has 0 atom stereocenters. The molecule has 2 aromatic heterocycles. The third kappa shape index (κ3) is 3.44. The van der Waals surface area contributed by atoms with Gasteiger partial charge in [-0.2, -0.15) is 5.26 Å². The van der Waals surface area contributed by atoms with Gasteiger partial charge in [-0.15, -0.1) is 0 Å². The van der Waals surface area contributed by atoms with Gasteiger partial charge < -0.3 is 4.74 Å². The maximum absolute atomic E-state index is 14.4. The molecule has 0 N–H and O–H groups in total. The molecule has 2 aromatic carbocycles. The van der Waals surface area contributed by atoms with E-state index in [0.717, 1.165) is 11.3 Å². The van der Waals surface area contributed by atoms with Gasteiger partial charge in [0.05, 0.1) is 35.7 Å². The van der Waals surface area contributed by atoms with Crippen LogP contribution in [0, 0.1) is 17.1 Å². The molecule has 6 nitrogen and oxygen atoms in total. The van der Waals surface area contributed by atoms with Crippen LogP contribution in [0.3, 0.4) is 0 Å². The lowest BCUT2D eigenvalue weighted by Crippen LogP contribution is -2.07. The molecule has 0 fully saturated rings. The fraction of sp³-hybridized carbons (Fsp3) is 0.0909. The molecule has 0 unspecified atom stereocenters. The van der Waals surface area contributed by atoms with E-state index in [9.17, 15) is 9.18 Å². The van der Waals surface area contributed by atoms with Crippen molar-refractivity contribution in [3.8, 4) is 28.5 Å². The van der Waals surface area contributed by atoms with Gasteiger partial charge in [-0.25, -0.2) is 19.2 Å². The van der Waals surface area contributed by atoms with E-state index >= 15 is 0 Å². The molecule has 0 saturated heterocycles. The smallest absolute Gasteiger partial charge is 0.341 e. The van der Waals surface area contributed by atoms with E-state index in [4.69, 9.17) is 10.00 Å². The normalized spacial score (nSPS) is 10.7. The lowest BCUT2D eigenvalue weighted by molar-refractivity contribution is 0.0521. The Labute approximate surface area is 165 Å². The summed E-state index contributed by atoms with van der Waals surface area (Å²) in [6.07, 6.45) is 5.10. The number of carbonyl (C=O) groups excluding carboxylic acids is 1. The number of benzene rings is 2. The summed E-state index contributed by atoms with van der Waals surface area (Å²) in [5, 5.41) is 8.96. The van der Waals surface area contributed by atoms with Crippen molar-refractivity contribution in [3.05, 3.63) is 78.0 Å². The molecule has 0 aliphatic heterocycles. The number of esters is 1. The number of fused-ring (bicyclic) bond motifs is 1. The molecular weight excluding hydrogens is 371 g/mol. The van der Waals surface area contributed by atoms with Crippen LogP contribution in [0.2, 0.25) is 0 Å². The summed E-state index contributed by atoms with van der Waals surface area (Å²) in [7, 11) is 0. The fourth-order valence-corrected chi connectivity index (χ4v) is 3.02. The Morgan fingerprint density at radius 2 is 1.83 bits per heavy atom. The average Bonchev–Trinajstić information content (AvgIpc) is 3.17. The van der Waals surface area contributed by atoms with Gasteiger partial charge in [-0.3, -0.25) is 4.40 Å². The van der Waals surface area contributed by atoms with Crippen molar-refractivity contribution >= 4 is 11.7 Å². The zero-order chi connectivity index (χ0) is 20.4.